The van der Waals surface area contributed by atoms with Gasteiger partial charge >= 0.3 is 5.69 Å². The molecule has 0 amide bonds. The van der Waals surface area contributed by atoms with Crippen molar-refractivity contribution in [3.05, 3.63) is 52.1 Å². The maximum Gasteiger partial charge on any atom is 0.314 e. The van der Waals surface area contributed by atoms with Gasteiger partial charge in [0.2, 0.25) is 5.82 Å². The van der Waals surface area contributed by atoms with Crippen LogP contribution in [0.5, 0.6) is 0 Å². The van der Waals surface area contributed by atoms with E-state index < -0.39 is 4.92 Å². The third-order valence-electron chi connectivity index (χ3n) is 2.46. The first-order valence-corrected chi connectivity index (χ1v) is 5.06. The largest absolute Gasteiger partial charge is 0.378 e. The topological polar surface area (TPSA) is 82.0 Å². The fraction of sp³-hybridized carbons (Fsp3) is 0.0833. The van der Waals surface area contributed by atoms with E-state index in [1.165, 1.54) is 0 Å². The number of nitro groups is 1. The van der Waals surface area contributed by atoms with Gasteiger partial charge in [0.15, 0.2) is 0 Å². The maximum absolute atomic E-state index is 10.8. The van der Waals surface area contributed by atoms with Crippen molar-refractivity contribution in [1.82, 2.24) is 4.98 Å². The summed E-state index contributed by atoms with van der Waals surface area (Å²) in [5.41, 5.74) is 7.53. The van der Waals surface area contributed by atoms with Crippen LogP contribution in [0, 0.1) is 17.0 Å². The average Bonchev–Trinajstić information content (AvgIpc) is 2.28. The summed E-state index contributed by atoms with van der Waals surface area (Å²) < 4.78 is 0. The molecule has 0 unspecified atom stereocenters. The lowest BCUT2D eigenvalue weighted by molar-refractivity contribution is -0.384. The van der Waals surface area contributed by atoms with Crippen molar-refractivity contribution < 1.29 is 4.92 Å². The molecule has 2 N–H and O–H groups in total. The highest BCUT2D eigenvalue weighted by atomic mass is 16.6. The van der Waals surface area contributed by atoms with Crippen molar-refractivity contribution in [2.24, 2.45) is 0 Å². The van der Waals surface area contributed by atoms with Crippen LogP contribution in [-0.2, 0) is 0 Å². The van der Waals surface area contributed by atoms with E-state index in [0.29, 0.717) is 11.3 Å². The van der Waals surface area contributed by atoms with Crippen LogP contribution >= 0.6 is 0 Å². The van der Waals surface area contributed by atoms with Crippen LogP contribution in [0.3, 0.4) is 0 Å². The van der Waals surface area contributed by atoms with E-state index in [1.54, 1.807) is 13.0 Å². The van der Waals surface area contributed by atoms with Gasteiger partial charge in [0, 0.05) is 11.1 Å². The Balaban J connectivity index is 2.57. The van der Waals surface area contributed by atoms with E-state index in [4.69, 9.17) is 5.73 Å². The van der Waals surface area contributed by atoms with E-state index in [1.807, 2.05) is 30.3 Å². The van der Waals surface area contributed by atoms with Gasteiger partial charge in [0.05, 0.1) is 10.6 Å². The quantitative estimate of drug-likeness (QED) is 0.633. The Morgan fingerprint density at radius 3 is 2.47 bits per heavy atom. The molecule has 0 saturated heterocycles. The van der Waals surface area contributed by atoms with Gasteiger partial charge in [-0.2, -0.15) is 0 Å². The highest BCUT2D eigenvalue weighted by Crippen LogP contribution is 2.28. The molecule has 0 bridgehead atoms. The Morgan fingerprint density at radius 1 is 1.29 bits per heavy atom. The number of nitrogen functional groups attached to an aromatic ring is 1. The Morgan fingerprint density at radius 2 is 1.94 bits per heavy atom. The third kappa shape index (κ3) is 2.08. The van der Waals surface area contributed by atoms with Gasteiger partial charge in [-0.25, -0.2) is 4.98 Å². The van der Waals surface area contributed by atoms with E-state index >= 15 is 0 Å². The van der Waals surface area contributed by atoms with Gasteiger partial charge in [0.25, 0.3) is 0 Å². The SMILES string of the molecule is Cc1cc(-c2ccccc2)nc(N)c1[N+](=O)[O-]. The number of anilines is 1. The van der Waals surface area contributed by atoms with Gasteiger partial charge < -0.3 is 5.73 Å². The second-order valence-corrected chi connectivity index (χ2v) is 3.68. The molecule has 17 heavy (non-hydrogen) atoms. The van der Waals surface area contributed by atoms with Crippen LogP contribution in [0.1, 0.15) is 5.56 Å². The standard InChI is InChI=1S/C12H11N3O2/c1-8-7-10(9-5-3-2-4-6-9)14-12(13)11(8)15(16)17/h2-7H,1H3,(H2,13,14). The molecule has 0 radical (unpaired) electrons. The zero-order valence-electron chi connectivity index (χ0n) is 9.25. The molecule has 0 spiro atoms. The molecular formula is C12H11N3O2. The van der Waals surface area contributed by atoms with Crippen LogP contribution < -0.4 is 5.73 Å². The zero-order valence-corrected chi connectivity index (χ0v) is 9.25. The Kier molecular flexibility index (Phi) is 2.74. The second-order valence-electron chi connectivity index (χ2n) is 3.68. The molecule has 86 valence electrons. The molecular weight excluding hydrogens is 218 g/mol. The van der Waals surface area contributed by atoms with Crippen molar-refractivity contribution in [3.63, 3.8) is 0 Å². The first kappa shape index (κ1) is 11.1. The molecule has 0 saturated carbocycles. The summed E-state index contributed by atoms with van der Waals surface area (Å²) in [6.45, 7) is 1.66. The molecule has 0 fully saturated rings. The Labute approximate surface area is 98.1 Å². The lowest BCUT2D eigenvalue weighted by atomic mass is 10.1. The number of benzene rings is 1. The number of hydrogen-bond acceptors (Lipinski definition) is 4. The molecule has 0 aliphatic rings. The summed E-state index contributed by atoms with van der Waals surface area (Å²) in [5, 5.41) is 10.8. The van der Waals surface area contributed by atoms with Crippen molar-refractivity contribution in [1.29, 1.82) is 0 Å². The van der Waals surface area contributed by atoms with Gasteiger partial charge in [0.1, 0.15) is 0 Å². The van der Waals surface area contributed by atoms with Crippen molar-refractivity contribution in [3.8, 4) is 11.3 Å². The highest BCUT2D eigenvalue weighted by Gasteiger charge is 2.18. The third-order valence-corrected chi connectivity index (χ3v) is 2.46. The minimum Gasteiger partial charge on any atom is -0.378 e. The summed E-state index contributed by atoms with van der Waals surface area (Å²) >= 11 is 0. The smallest absolute Gasteiger partial charge is 0.314 e. The Hall–Kier alpha value is -2.43. The van der Waals surface area contributed by atoms with Gasteiger partial charge in [-0.1, -0.05) is 30.3 Å². The minimum atomic E-state index is -0.508. The fourth-order valence-corrected chi connectivity index (χ4v) is 1.68. The lowest BCUT2D eigenvalue weighted by Gasteiger charge is -2.05. The normalized spacial score (nSPS) is 10.2. The van der Waals surface area contributed by atoms with Crippen LogP contribution in [0.2, 0.25) is 0 Å². The zero-order chi connectivity index (χ0) is 12.4. The van der Waals surface area contributed by atoms with Crippen molar-refractivity contribution in [2.45, 2.75) is 6.92 Å². The molecule has 5 heteroatoms. The van der Waals surface area contributed by atoms with Crippen LogP contribution in [0.4, 0.5) is 11.5 Å². The number of pyridine rings is 1. The van der Waals surface area contributed by atoms with E-state index in [0.717, 1.165) is 5.56 Å². The number of aryl methyl sites for hydroxylation is 1. The summed E-state index contributed by atoms with van der Waals surface area (Å²) in [6, 6.07) is 11.1. The van der Waals surface area contributed by atoms with Crippen molar-refractivity contribution >= 4 is 11.5 Å². The number of hydrogen-bond donors (Lipinski definition) is 1. The summed E-state index contributed by atoms with van der Waals surface area (Å²) in [4.78, 5) is 14.3. The van der Waals surface area contributed by atoms with E-state index in [2.05, 4.69) is 4.98 Å². The van der Waals surface area contributed by atoms with Gasteiger partial charge in [-0.15, -0.1) is 0 Å². The van der Waals surface area contributed by atoms with Gasteiger partial charge in [-0.05, 0) is 13.0 Å². The average molecular weight is 229 g/mol. The van der Waals surface area contributed by atoms with Crippen LogP contribution in [0.25, 0.3) is 11.3 Å². The number of aromatic nitrogens is 1. The first-order chi connectivity index (χ1) is 8.09. The number of nitrogens with two attached hydrogens (primary N) is 1. The van der Waals surface area contributed by atoms with E-state index in [-0.39, 0.29) is 11.5 Å². The lowest BCUT2D eigenvalue weighted by Crippen LogP contribution is -2.02. The van der Waals surface area contributed by atoms with Crippen LogP contribution in [-0.4, -0.2) is 9.91 Å². The molecule has 0 aliphatic carbocycles. The molecule has 2 aromatic rings. The van der Waals surface area contributed by atoms with Gasteiger partial charge in [-0.3, -0.25) is 10.1 Å². The second kappa shape index (κ2) is 4.21. The van der Waals surface area contributed by atoms with E-state index in [9.17, 15) is 10.1 Å². The molecule has 1 aromatic carbocycles. The molecule has 1 aromatic heterocycles. The first-order valence-electron chi connectivity index (χ1n) is 5.06. The predicted molar refractivity (Wildman–Crippen MR) is 65.5 cm³/mol. The predicted octanol–water partition coefficient (Wildman–Crippen LogP) is 2.55. The molecule has 2 rings (SSSR count). The summed E-state index contributed by atoms with van der Waals surface area (Å²) in [6.07, 6.45) is 0. The maximum atomic E-state index is 10.8. The molecule has 0 aliphatic heterocycles. The number of nitrogens with zero attached hydrogens (tertiary/aromatic N) is 2. The Bertz CT molecular complexity index is 544. The molecule has 5 nitrogen and oxygen atoms in total. The van der Waals surface area contributed by atoms with Crippen LogP contribution in [0.15, 0.2) is 36.4 Å². The number of rotatable bonds is 2. The highest BCUT2D eigenvalue weighted by molar-refractivity contribution is 5.68. The summed E-state index contributed by atoms with van der Waals surface area (Å²) in [5.74, 6) is -0.0474. The minimum absolute atomic E-state index is 0.0474. The fourth-order valence-electron chi connectivity index (χ4n) is 1.68. The molecule has 1 heterocycles. The van der Waals surface area contributed by atoms with Crippen molar-refractivity contribution in [2.75, 3.05) is 5.73 Å². The summed E-state index contributed by atoms with van der Waals surface area (Å²) in [7, 11) is 0. The molecule has 0 atom stereocenters. The monoisotopic (exact) mass is 229 g/mol.